The topological polar surface area (TPSA) is 3.24 Å². The average Bonchev–Trinajstić information content (AvgIpc) is 2.43. The molecule has 0 spiro atoms. The number of para-hydroxylation sites is 1. The van der Waals surface area contributed by atoms with Crippen LogP contribution in [0, 0.1) is 5.92 Å². The largest absolute Gasteiger partial charge is 0.372 e. The van der Waals surface area contributed by atoms with Crippen molar-refractivity contribution in [2.45, 2.75) is 46.5 Å². The third kappa shape index (κ3) is 4.41. The van der Waals surface area contributed by atoms with Crippen molar-refractivity contribution in [1.29, 1.82) is 0 Å². The van der Waals surface area contributed by atoms with Crippen molar-refractivity contribution >= 4 is 5.69 Å². The maximum Gasteiger partial charge on any atom is 0.0366 e. The molecule has 0 aliphatic carbocycles. The Labute approximate surface area is 107 Å². The van der Waals surface area contributed by atoms with Crippen molar-refractivity contribution in [2.75, 3.05) is 18.0 Å². The summed E-state index contributed by atoms with van der Waals surface area (Å²) in [5.74, 6) is 0.981. The highest BCUT2D eigenvalue weighted by Gasteiger charge is 2.18. The molecule has 0 radical (unpaired) electrons. The van der Waals surface area contributed by atoms with Gasteiger partial charge in [-0.1, -0.05) is 51.8 Å². The number of benzene rings is 1. The Morgan fingerprint density at radius 1 is 1.06 bits per heavy atom. The second-order valence-corrected chi connectivity index (χ2v) is 4.55. The normalized spacial score (nSPS) is 16.3. The predicted molar refractivity (Wildman–Crippen MR) is 77.6 cm³/mol. The third-order valence-electron chi connectivity index (χ3n) is 3.43. The monoisotopic (exact) mass is 233 g/mol. The van der Waals surface area contributed by atoms with E-state index in [0.717, 1.165) is 5.92 Å². The molecule has 0 bridgehead atoms. The minimum absolute atomic E-state index is 0.981. The molecule has 1 aromatic rings. The van der Waals surface area contributed by atoms with Crippen LogP contribution in [0.2, 0.25) is 0 Å². The summed E-state index contributed by atoms with van der Waals surface area (Å²) in [6, 6.07) is 10.8. The quantitative estimate of drug-likeness (QED) is 0.729. The maximum atomic E-state index is 2.52. The van der Waals surface area contributed by atoms with E-state index in [9.17, 15) is 0 Å². The summed E-state index contributed by atoms with van der Waals surface area (Å²) in [4.78, 5) is 2.52. The fraction of sp³-hybridized carbons (Fsp3) is 0.625. The summed E-state index contributed by atoms with van der Waals surface area (Å²) in [5, 5.41) is 0. The molecule has 1 saturated heterocycles. The molecule has 1 nitrogen and oxygen atoms in total. The Kier molecular flexibility index (Phi) is 6.76. The lowest BCUT2D eigenvalue weighted by Crippen LogP contribution is -2.33. The Morgan fingerprint density at radius 2 is 1.65 bits per heavy atom. The fourth-order valence-electron chi connectivity index (χ4n) is 2.53. The van der Waals surface area contributed by atoms with E-state index in [1.54, 1.807) is 0 Å². The standard InChI is InChI=1S/C14H21N.C2H6/c1-2-6-13-9-11-15(12-10-13)14-7-4-3-5-8-14;1-2/h3-5,7-8,13H,2,6,9-12H2,1H3;1-2H3. The van der Waals surface area contributed by atoms with Crippen molar-refractivity contribution in [3.8, 4) is 0 Å². The van der Waals surface area contributed by atoms with E-state index in [-0.39, 0.29) is 0 Å². The molecule has 1 aliphatic heterocycles. The molecule has 0 unspecified atom stereocenters. The molecule has 1 heteroatoms. The van der Waals surface area contributed by atoms with Crippen molar-refractivity contribution in [2.24, 2.45) is 5.92 Å². The van der Waals surface area contributed by atoms with Gasteiger partial charge in [-0.25, -0.2) is 0 Å². The molecular weight excluding hydrogens is 206 g/mol. The van der Waals surface area contributed by atoms with Crippen LogP contribution in [0.5, 0.6) is 0 Å². The first-order valence-corrected chi connectivity index (χ1v) is 7.20. The van der Waals surface area contributed by atoms with Crippen LogP contribution in [0.3, 0.4) is 0 Å². The lowest BCUT2D eigenvalue weighted by Gasteiger charge is -2.33. The van der Waals surface area contributed by atoms with Crippen molar-refractivity contribution in [3.63, 3.8) is 0 Å². The first-order valence-electron chi connectivity index (χ1n) is 7.20. The van der Waals surface area contributed by atoms with Gasteiger partial charge in [-0.15, -0.1) is 0 Å². The predicted octanol–water partition coefficient (Wildman–Crippen LogP) is 4.73. The van der Waals surface area contributed by atoms with Crippen molar-refractivity contribution in [1.82, 2.24) is 0 Å². The number of anilines is 1. The fourth-order valence-corrected chi connectivity index (χ4v) is 2.53. The summed E-state index contributed by atoms with van der Waals surface area (Å²) in [7, 11) is 0. The van der Waals surface area contributed by atoms with Gasteiger partial charge in [0.1, 0.15) is 0 Å². The number of hydrogen-bond donors (Lipinski definition) is 0. The second kappa shape index (κ2) is 8.16. The first-order chi connectivity index (χ1) is 8.40. The van der Waals surface area contributed by atoms with Gasteiger partial charge in [0.2, 0.25) is 0 Å². The molecule has 1 aromatic carbocycles. The molecule has 0 aromatic heterocycles. The number of nitrogens with zero attached hydrogens (tertiary/aromatic N) is 1. The molecule has 17 heavy (non-hydrogen) atoms. The van der Waals surface area contributed by atoms with Gasteiger partial charge in [0, 0.05) is 18.8 Å². The van der Waals surface area contributed by atoms with Gasteiger partial charge >= 0.3 is 0 Å². The van der Waals surface area contributed by atoms with Gasteiger partial charge in [-0.05, 0) is 30.9 Å². The van der Waals surface area contributed by atoms with Crippen LogP contribution in [-0.4, -0.2) is 13.1 Å². The van der Waals surface area contributed by atoms with Gasteiger partial charge in [0.25, 0.3) is 0 Å². The molecule has 0 N–H and O–H groups in total. The van der Waals surface area contributed by atoms with Crippen LogP contribution in [0.15, 0.2) is 30.3 Å². The lowest BCUT2D eigenvalue weighted by atomic mass is 9.92. The summed E-state index contributed by atoms with van der Waals surface area (Å²) in [6.45, 7) is 8.78. The lowest BCUT2D eigenvalue weighted by molar-refractivity contribution is 0.378. The van der Waals surface area contributed by atoms with Crippen LogP contribution in [0.1, 0.15) is 46.5 Å². The van der Waals surface area contributed by atoms with E-state index in [2.05, 4.69) is 42.2 Å². The van der Waals surface area contributed by atoms with Gasteiger partial charge < -0.3 is 4.90 Å². The van der Waals surface area contributed by atoms with Crippen LogP contribution >= 0.6 is 0 Å². The summed E-state index contributed by atoms with van der Waals surface area (Å²) < 4.78 is 0. The minimum atomic E-state index is 0.981. The van der Waals surface area contributed by atoms with Crippen molar-refractivity contribution < 1.29 is 0 Å². The van der Waals surface area contributed by atoms with E-state index in [1.165, 1.54) is 44.5 Å². The molecule has 1 aliphatic rings. The van der Waals surface area contributed by atoms with E-state index >= 15 is 0 Å². The highest BCUT2D eigenvalue weighted by molar-refractivity contribution is 5.46. The van der Waals surface area contributed by atoms with E-state index in [0.29, 0.717) is 0 Å². The van der Waals surface area contributed by atoms with Gasteiger partial charge in [0.15, 0.2) is 0 Å². The zero-order valence-corrected chi connectivity index (χ0v) is 11.7. The molecular formula is C16H27N. The molecule has 0 amide bonds. The van der Waals surface area contributed by atoms with Crippen LogP contribution in [0.25, 0.3) is 0 Å². The maximum absolute atomic E-state index is 2.52. The van der Waals surface area contributed by atoms with E-state index < -0.39 is 0 Å². The first kappa shape index (κ1) is 14.1. The smallest absolute Gasteiger partial charge is 0.0366 e. The summed E-state index contributed by atoms with van der Waals surface area (Å²) in [5.41, 5.74) is 1.40. The Morgan fingerprint density at radius 3 is 2.18 bits per heavy atom. The Balaban J connectivity index is 0.000000686. The van der Waals surface area contributed by atoms with E-state index in [1.807, 2.05) is 13.8 Å². The molecule has 1 heterocycles. The minimum Gasteiger partial charge on any atom is -0.372 e. The second-order valence-electron chi connectivity index (χ2n) is 4.55. The third-order valence-corrected chi connectivity index (χ3v) is 3.43. The van der Waals surface area contributed by atoms with E-state index in [4.69, 9.17) is 0 Å². The number of rotatable bonds is 3. The zero-order chi connectivity index (χ0) is 12.5. The van der Waals surface area contributed by atoms with Crippen molar-refractivity contribution in [3.05, 3.63) is 30.3 Å². The number of piperidine rings is 1. The summed E-state index contributed by atoms with van der Waals surface area (Å²) >= 11 is 0. The molecule has 96 valence electrons. The summed E-state index contributed by atoms with van der Waals surface area (Å²) in [6.07, 6.45) is 5.52. The van der Waals surface area contributed by atoms with Gasteiger partial charge in [-0.3, -0.25) is 0 Å². The van der Waals surface area contributed by atoms with Crippen LogP contribution in [0.4, 0.5) is 5.69 Å². The Hall–Kier alpha value is -0.980. The highest BCUT2D eigenvalue weighted by Crippen LogP contribution is 2.25. The highest BCUT2D eigenvalue weighted by atomic mass is 15.1. The SMILES string of the molecule is CC.CCCC1CCN(c2ccccc2)CC1. The van der Waals surface area contributed by atoms with Gasteiger partial charge in [0.05, 0.1) is 0 Å². The van der Waals surface area contributed by atoms with Crippen LogP contribution < -0.4 is 4.90 Å². The molecule has 2 rings (SSSR count). The van der Waals surface area contributed by atoms with Crippen LogP contribution in [-0.2, 0) is 0 Å². The molecule has 0 atom stereocenters. The average molecular weight is 233 g/mol. The molecule has 0 saturated carbocycles. The molecule has 1 fully saturated rings. The van der Waals surface area contributed by atoms with Gasteiger partial charge in [-0.2, -0.15) is 0 Å². The number of hydrogen-bond acceptors (Lipinski definition) is 1. The zero-order valence-electron chi connectivity index (χ0n) is 11.7. The Bertz CT molecular complexity index is 273.